The first-order valence-electron chi connectivity index (χ1n) is 8.38. The first-order chi connectivity index (χ1) is 13.2. The van der Waals surface area contributed by atoms with Crippen molar-refractivity contribution in [2.24, 2.45) is 5.10 Å². The molecule has 0 radical (unpaired) electrons. The number of nitrogens with zero attached hydrogens (tertiary/aromatic N) is 1. The van der Waals surface area contributed by atoms with Gasteiger partial charge in [0, 0.05) is 16.5 Å². The maximum atomic E-state index is 12.6. The summed E-state index contributed by atoms with van der Waals surface area (Å²) in [4.78, 5) is 24.7. The third-order valence-corrected chi connectivity index (χ3v) is 4.34. The van der Waals surface area contributed by atoms with Gasteiger partial charge in [-0.2, -0.15) is 5.10 Å². The van der Waals surface area contributed by atoms with Gasteiger partial charge in [-0.15, -0.1) is 0 Å². The highest BCUT2D eigenvalue weighted by Crippen LogP contribution is 2.30. The Morgan fingerprint density at radius 3 is 2.41 bits per heavy atom. The van der Waals surface area contributed by atoms with Crippen molar-refractivity contribution >= 4 is 28.2 Å². The number of carbonyl (C=O) groups is 2. The van der Waals surface area contributed by atoms with E-state index in [9.17, 15) is 9.59 Å². The fourth-order valence-corrected chi connectivity index (χ4v) is 3.12. The molecule has 1 aliphatic rings. The third kappa shape index (κ3) is 3.01. The zero-order chi connectivity index (χ0) is 18.8. The lowest BCUT2D eigenvalue weighted by Crippen LogP contribution is -2.27. The van der Waals surface area contributed by atoms with Crippen molar-refractivity contribution in [3.63, 3.8) is 0 Å². The van der Waals surface area contributed by atoms with Crippen molar-refractivity contribution < 1.29 is 19.1 Å². The average Bonchev–Trinajstić information content (AvgIpc) is 2.98. The van der Waals surface area contributed by atoms with E-state index in [2.05, 4.69) is 10.5 Å². The van der Waals surface area contributed by atoms with Crippen molar-refractivity contribution in [3.8, 4) is 11.5 Å². The summed E-state index contributed by atoms with van der Waals surface area (Å²) in [6.45, 7) is -0.248. The number of rotatable bonds is 5. The van der Waals surface area contributed by atoms with Crippen LogP contribution in [-0.2, 0) is 4.79 Å². The molecular formula is C21H16N2O4. The number of ether oxygens (including phenoxy) is 2. The molecule has 0 fully saturated rings. The van der Waals surface area contributed by atoms with Gasteiger partial charge in [0.1, 0.15) is 5.71 Å². The average molecular weight is 360 g/mol. The minimum absolute atomic E-state index is 0.201. The molecule has 3 aromatic rings. The predicted octanol–water partition coefficient (Wildman–Crippen LogP) is 2.94. The van der Waals surface area contributed by atoms with Gasteiger partial charge in [0.15, 0.2) is 18.1 Å². The van der Waals surface area contributed by atoms with E-state index >= 15 is 0 Å². The summed E-state index contributed by atoms with van der Waals surface area (Å²) in [6, 6.07) is 18.2. The molecule has 134 valence electrons. The van der Waals surface area contributed by atoms with Crippen LogP contribution in [0.15, 0.2) is 65.8 Å². The highest BCUT2D eigenvalue weighted by Gasteiger charge is 2.28. The number of para-hydroxylation sites is 2. The second kappa shape index (κ2) is 6.92. The van der Waals surface area contributed by atoms with Crippen LogP contribution in [0.5, 0.6) is 11.5 Å². The van der Waals surface area contributed by atoms with Crippen molar-refractivity contribution in [2.75, 3.05) is 13.7 Å². The molecule has 6 heteroatoms. The monoisotopic (exact) mass is 360 g/mol. The van der Waals surface area contributed by atoms with E-state index in [1.165, 1.54) is 7.11 Å². The summed E-state index contributed by atoms with van der Waals surface area (Å²) in [5.41, 5.74) is 3.95. The lowest BCUT2D eigenvalue weighted by atomic mass is 10.1. The number of hydrogen-bond donors (Lipinski definition) is 1. The number of hydrogen-bond acceptors (Lipinski definition) is 5. The second-order valence-electron chi connectivity index (χ2n) is 5.97. The molecule has 1 aliphatic carbocycles. The minimum atomic E-state index is -0.468. The van der Waals surface area contributed by atoms with E-state index in [1.807, 2.05) is 36.4 Å². The van der Waals surface area contributed by atoms with Crippen LogP contribution in [0.2, 0.25) is 0 Å². The molecule has 0 aliphatic heterocycles. The molecule has 0 saturated carbocycles. The number of nitrogens with one attached hydrogen (secondary N) is 1. The molecule has 1 N–H and O–H groups in total. The number of ketones is 1. The topological polar surface area (TPSA) is 77.0 Å². The summed E-state index contributed by atoms with van der Waals surface area (Å²) in [7, 11) is 1.53. The van der Waals surface area contributed by atoms with Gasteiger partial charge in [0.2, 0.25) is 5.78 Å². The summed E-state index contributed by atoms with van der Waals surface area (Å²) in [6.07, 6.45) is 0. The molecule has 4 rings (SSSR count). The normalized spacial score (nSPS) is 13.8. The molecule has 6 nitrogen and oxygen atoms in total. The van der Waals surface area contributed by atoms with Crippen LogP contribution in [0, 0.1) is 0 Å². The van der Waals surface area contributed by atoms with Crippen LogP contribution in [0.4, 0.5) is 0 Å². The number of Topliss-reactive ketones (excluding diaryl/α,β-unsaturated/α-hetero) is 1. The van der Waals surface area contributed by atoms with Gasteiger partial charge < -0.3 is 9.47 Å². The van der Waals surface area contributed by atoms with E-state index in [4.69, 9.17) is 9.47 Å². The Bertz CT molecular complexity index is 1080. The Labute approximate surface area is 155 Å². The summed E-state index contributed by atoms with van der Waals surface area (Å²) in [5.74, 6) is 0.318. The number of amides is 1. The second-order valence-corrected chi connectivity index (χ2v) is 5.97. The summed E-state index contributed by atoms with van der Waals surface area (Å²) in [5, 5.41) is 5.89. The highest BCUT2D eigenvalue weighted by atomic mass is 16.5. The van der Waals surface area contributed by atoms with E-state index in [-0.39, 0.29) is 18.1 Å². The Balaban J connectivity index is 1.50. The Kier molecular flexibility index (Phi) is 4.30. The fourth-order valence-electron chi connectivity index (χ4n) is 3.12. The highest BCUT2D eigenvalue weighted by molar-refractivity contribution is 6.59. The maximum absolute atomic E-state index is 12.6. The number of carbonyl (C=O) groups excluding carboxylic acids is 2. The molecule has 27 heavy (non-hydrogen) atoms. The standard InChI is InChI=1S/C21H16N2O4/c1-26-16-10-2-3-11-17(16)27-12-18(24)22-23-20-14-8-4-6-13-7-5-9-15(19(13)14)21(20)25/h2-11H,12H2,1H3,(H,22,24)/b23-20-. The van der Waals surface area contributed by atoms with Crippen LogP contribution < -0.4 is 14.9 Å². The molecule has 0 heterocycles. The van der Waals surface area contributed by atoms with E-state index < -0.39 is 5.91 Å². The third-order valence-electron chi connectivity index (χ3n) is 4.34. The predicted molar refractivity (Wildman–Crippen MR) is 101 cm³/mol. The van der Waals surface area contributed by atoms with Crippen molar-refractivity contribution in [1.82, 2.24) is 5.43 Å². The van der Waals surface area contributed by atoms with Crippen molar-refractivity contribution in [1.29, 1.82) is 0 Å². The molecule has 0 saturated heterocycles. The minimum Gasteiger partial charge on any atom is -0.493 e. The van der Waals surface area contributed by atoms with Gasteiger partial charge in [-0.25, -0.2) is 5.43 Å². The van der Waals surface area contributed by atoms with Crippen LogP contribution in [-0.4, -0.2) is 31.1 Å². The van der Waals surface area contributed by atoms with E-state index in [1.54, 1.807) is 24.3 Å². The molecule has 0 spiro atoms. The van der Waals surface area contributed by atoms with Crippen molar-refractivity contribution in [2.45, 2.75) is 0 Å². The quantitative estimate of drug-likeness (QED) is 0.710. The van der Waals surface area contributed by atoms with E-state index in [0.29, 0.717) is 17.1 Å². The molecule has 3 aromatic carbocycles. The summed E-state index contributed by atoms with van der Waals surface area (Å²) < 4.78 is 10.6. The van der Waals surface area contributed by atoms with Gasteiger partial charge in [-0.3, -0.25) is 9.59 Å². The van der Waals surface area contributed by atoms with Crippen molar-refractivity contribution in [3.05, 3.63) is 71.8 Å². The maximum Gasteiger partial charge on any atom is 0.277 e. The number of methoxy groups -OCH3 is 1. The zero-order valence-corrected chi connectivity index (χ0v) is 14.6. The SMILES string of the molecule is COc1ccccc1OCC(=O)N/N=C1\C(=O)c2cccc3cccc1c23. The molecule has 1 amide bonds. The number of hydrazone groups is 1. The van der Waals surface area contributed by atoms with E-state index in [0.717, 1.165) is 16.3 Å². The zero-order valence-electron chi connectivity index (χ0n) is 14.6. The van der Waals surface area contributed by atoms with Gasteiger partial charge in [0.25, 0.3) is 5.91 Å². The lowest BCUT2D eigenvalue weighted by Gasteiger charge is -2.09. The van der Waals surface area contributed by atoms with Crippen LogP contribution in [0.25, 0.3) is 10.8 Å². The molecule has 0 atom stereocenters. The smallest absolute Gasteiger partial charge is 0.277 e. The van der Waals surface area contributed by atoms with Gasteiger partial charge in [-0.05, 0) is 17.5 Å². The lowest BCUT2D eigenvalue weighted by molar-refractivity contribution is -0.123. The van der Waals surface area contributed by atoms with Crippen LogP contribution >= 0.6 is 0 Å². The molecular weight excluding hydrogens is 344 g/mol. The molecule has 0 unspecified atom stereocenters. The van der Waals surface area contributed by atoms with Gasteiger partial charge in [-0.1, -0.05) is 48.5 Å². The van der Waals surface area contributed by atoms with Gasteiger partial charge in [0.05, 0.1) is 7.11 Å². The molecule has 0 aromatic heterocycles. The Morgan fingerprint density at radius 1 is 0.963 bits per heavy atom. The van der Waals surface area contributed by atoms with Crippen LogP contribution in [0.1, 0.15) is 15.9 Å². The summed E-state index contributed by atoms with van der Waals surface area (Å²) >= 11 is 0. The van der Waals surface area contributed by atoms with Gasteiger partial charge >= 0.3 is 0 Å². The largest absolute Gasteiger partial charge is 0.493 e. The number of benzene rings is 3. The fraction of sp³-hybridized carbons (Fsp3) is 0.0952. The molecule has 0 bridgehead atoms. The Morgan fingerprint density at radius 2 is 1.67 bits per heavy atom. The first-order valence-corrected chi connectivity index (χ1v) is 8.38. The first kappa shape index (κ1) is 16.8. The van der Waals surface area contributed by atoms with Crippen LogP contribution in [0.3, 0.4) is 0 Å². The Hall–Kier alpha value is -3.67.